The molecule has 0 unspecified atom stereocenters. The van der Waals surface area contributed by atoms with Gasteiger partial charge in [0.2, 0.25) is 11.8 Å². The summed E-state index contributed by atoms with van der Waals surface area (Å²) in [4.78, 5) is 29.2. The first-order chi connectivity index (χ1) is 13.6. The third-order valence-electron chi connectivity index (χ3n) is 6.56. The Morgan fingerprint density at radius 3 is 2.68 bits per heavy atom. The number of nitrogens with zero attached hydrogens (tertiary/aromatic N) is 2. The Kier molecular flexibility index (Phi) is 5.97. The number of piperidine rings is 2. The highest BCUT2D eigenvalue weighted by Gasteiger charge is 2.41. The van der Waals surface area contributed by atoms with E-state index in [9.17, 15) is 9.59 Å². The molecule has 0 aromatic heterocycles. The van der Waals surface area contributed by atoms with Gasteiger partial charge in [-0.25, -0.2) is 0 Å². The highest BCUT2D eigenvalue weighted by Crippen LogP contribution is 2.40. The molecule has 0 bridgehead atoms. The van der Waals surface area contributed by atoms with Crippen LogP contribution in [0.3, 0.4) is 0 Å². The van der Waals surface area contributed by atoms with E-state index in [1.807, 2.05) is 28.0 Å². The van der Waals surface area contributed by atoms with Gasteiger partial charge in [0, 0.05) is 51.6 Å². The van der Waals surface area contributed by atoms with Crippen LogP contribution in [-0.4, -0.2) is 67.0 Å². The fourth-order valence-corrected chi connectivity index (χ4v) is 4.78. The minimum atomic E-state index is 0.144. The van der Waals surface area contributed by atoms with Crippen molar-refractivity contribution in [2.45, 2.75) is 44.7 Å². The summed E-state index contributed by atoms with van der Waals surface area (Å²) >= 11 is 0. The Morgan fingerprint density at radius 2 is 1.96 bits per heavy atom. The predicted molar refractivity (Wildman–Crippen MR) is 107 cm³/mol. The number of morpholine rings is 1. The molecule has 0 saturated carbocycles. The molecule has 1 atom stereocenters. The van der Waals surface area contributed by atoms with Gasteiger partial charge in [0.25, 0.3) is 0 Å². The summed E-state index contributed by atoms with van der Waals surface area (Å²) in [6.45, 7) is 5.30. The van der Waals surface area contributed by atoms with Crippen molar-refractivity contribution in [1.82, 2.24) is 15.1 Å². The van der Waals surface area contributed by atoms with Crippen molar-refractivity contribution in [2.75, 3.05) is 39.4 Å². The van der Waals surface area contributed by atoms with Crippen LogP contribution in [0.5, 0.6) is 0 Å². The first-order valence-electron chi connectivity index (χ1n) is 10.5. The van der Waals surface area contributed by atoms with Gasteiger partial charge >= 0.3 is 0 Å². The van der Waals surface area contributed by atoms with Crippen LogP contribution in [0.25, 0.3) is 0 Å². The molecule has 3 saturated heterocycles. The standard InChI is InChI=1S/C22H31N3O3/c26-20-6-7-22(17-25(20)15-18-4-2-1-3-5-18)8-11-24(12-9-22)21(27)14-19-16-28-13-10-23-19/h1-5,19,23H,6-17H2/t19-/m1/s1. The molecule has 4 rings (SSSR count). The minimum absolute atomic E-state index is 0.144. The zero-order chi connectivity index (χ0) is 19.4. The van der Waals surface area contributed by atoms with Gasteiger partial charge in [-0.2, -0.15) is 0 Å². The number of carbonyl (C=O) groups is 2. The molecular formula is C22H31N3O3. The Labute approximate surface area is 167 Å². The lowest BCUT2D eigenvalue weighted by Gasteiger charge is -2.47. The number of benzene rings is 1. The molecule has 28 heavy (non-hydrogen) atoms. The Morgan fingerprint density at radius 1 is 1.18 bits per heavy atom. The van der Waals surface area contributed by atoms with Gasteiger partial charge in [0.1, 0.15) is 0 Å². The molecule has 1 N–H and O–H groups in total. The van der Waals surface area contributed by atoms with Gasteiger partial charge in [-0.3, -0.25) is 9.59 Å². The summed E-state index contributed by atoms with van der Waals surface area (Å²) in [5.74, 6) is 0.488. The first-order valence-corrected chi connectivity index (χ1v) is 10.5. The van der Waals surface area contributed by atoms with E-state index in [0.717, 1.165) is 52.0 Å². The fraction of sp³-hybridized carbons (Fsp3) is 0.636. The van der Waals surface area contributed by atoms with Crippen molar-refractivity contribution >= 4 is 11.8 Å². The highest BCUT2D eigenvalue weighted by molar-refractivity contribution is 5.78. The summed E-state index contributed by atoms with van der Waals surface area (Å²) in [5, 5.41) is 3.36. The van der Waals surface area contributed by atoms with E-state index < -0.39 is 0 Å². The number of amides is 2. The second-order valence-electron chi connectivity index (χ2n) is 8.55. The van der Waals surface area contributed by atoms with E-state index in [1.54, 1.807) is 0 Å². The molecule has 6 nitrogen and oxygen atoms in total. The highest BCUT2D eigenvalue weighted by atomic mass is 16.5. The van der Waals surface area contributed by atoms with Gasteiger partial charge in [0.15, 0.2) is 0 Å². The van der Waals surface area contributed by atoms with Crippen LogP contribution in [0, 0.1) is 5.41 Å². The Balaban J connectivity index is 1.31. The predicted octanol–water partition coefficient (Wildman–Crippen LogP) is 1.80. The number of hydrogen-bond acceptors (Lipinski definition) is 4. The van der Waals surface area contributed by atoms with Crippen LogP contribution in [-0.2, 0) is 20.9 Å². The molecule has 3 aliphatic rings. The molecule has 2 amide bonds. The lowest BCUT2D eigenvalue weighted by Crippen LogP contribution is -2.53. The van der Waals surface area contributed by atoms with Crippen LogP contribution in [0.4, 0.5) is 0 Å². The number of hydrogen-bond donors (Lipinski definition) is 1. The molecule has 0 radical (unpaired) electrons. The van der Waals surface area contributed by atoms with Gasteiger partial charge in [-0.1, -0.05) is 30.3 Å². The van der Waals surface area contributed by atoms with Crippen LogP contribution >= 0.6 is 0 Å². The van der Waals surface area contributed by atoms with Crippen molar-refractivity contribution < 1.29 is 14.3 Å². The van der Waals surface area contributed by atoms with E-state index in [0.29, 0.717) is 26.0 Å². The maximum absolute atomic E-state index is 12.7. The summed E-state index contributed by atoms with van der Waals surface area (Å²) in [5.41, 5.74) is 1.36. The summed E-state index contributed by atoms with van der Waals surface area (Å²) in [6, 6.07) is 10.4. The topological polar surface area (TPSA) is 61.9 Å². The third-order valence-corrected chi connectivity index (χ3v) is 6.56. The molecule has 0 aliphatic carbocycles. The van der Waals surface area contributed by atoms with Crippen molar-refractivity contribution in [3.8, 4) is 0 Å². The second-order valence-corrected chi connectivity index (χ2v) is 8.55. The number of rotatable bonds is 4. The van der Waals surface area contributed by atoms with E-state index in [1.165, 1.54) is 5.56 Å². The van der Waals surface area contributed by atoms with E-state index in [-0.39, 0.29) is 23.3 Å². The zero-order valence-corrected chi connectivity index (χ0v) is 16.6. The minimum Gasteiger partial charge on any atom is -0.378 e. The molecule has 3 heterocycles. The van der Waals surface area contributed by atoms with Crippen molar-refractivity contribution in [2.24, 2.45) is 5.41 Å². The molecule has 3 aliphatic heterocycles. The van der Waals surface area contributed by atoms with E-state index in [2.05, 4.69) is 17.4 Å². The van der Waals surface area contributed by atoms with Gasteiger partial charge in [0.05, 0.1) is 13.2 Å². The van der Waals surface area contributed by atoms with Crippen molar-refractivity contribution in [1.29, 1.82) is 0 Å². The number of nitrogens with one attached hydrogen (secondary N) is 1. The third kappa shape index (κ3) is 4.55. The summed E-state index contributed by atoms with van der Waals surface area (Å²) in [7, 11) is 0. The molecule has 3 fully saturated rings. The number of carbonyl (C=O) groups excluding carboxylic acids is 2. The molecule has 1 aromatic carbocycles. The Bertz CT molecular complexity index is 680. The zero-order valence-electron chi connectivity index (χ0n) is 16.6. The second kappa shape index (κ2) is 8.62. The lowest BCUT2D eigenvalue weighted by atomic mass is 9.72. The van der Waals surface area contributed by atoms with Gasteiger partial charge < -0.3 is 19.9 Å². The monoisotopic (exact) mass is 385 g/mol. The van der Waals surface area contributed by atoms with Crippen molar-refractivity contribution in [3.05, 3.63) is 35.9 Å². The first kappa shape index (κ1) is 19.4. The number of ether oxygens (including phenoxy) is 1. The summed E-state index contributed by atoms with van der Waals surface area (Å²) in [6.07, 6.45) is 4.09. The molecule has 1 aromatic rings. The fourth-order valence-electron chi connectivity index (χ4n) is 4.78. The van der Waals surface area contributed by atoms with Crippen LogP contribution < -0.4 is 5.32 Å². The van der Waals surface area contributed by atoms with Crippen LogP contribution in [0.1, 0.15) is 37.7 Å². The molecule has 152 valence electrons. The van der Waals surface area contributed by atoms with Crippen LogP contribution in [0.2, 0.25) is 0 Å². The number of likely N-dealkylation sites (tertiary alicyclic amines) is 2. The smallest absolute Gasteiger partial charge is 0.224 e. The van der Waals surface area contributed by atoms with Gasteiger partial charge in [-0.15, -0.1) is 0 Å². The quantitative estimate of drug-likeness (QED) is 0.859. The van der Waals surface area contributed by atoms with Crippen molar-refractivity contribution in [3.63, 3.8) is 0 Å². The van der Waals surface area contributed by atoms with Gasteiger partial charge in [-0.05, 0) is 30.2 Å². The normalized spacial score (nSPS) is 25.1. The molecule has 1 spiro atoms. The lowest BCUT2D eigenvalue weighted by molar-refractivity contribution is -0.143. The van der Waals surface area contributed by atoms with Crippen LogP contribution in [0.15, 0.2) is 30.3 Å². The maximum atomic E-state index is 12.7. The maximum Gasteiger partial charge on any atom is 0.224 e. The summed E-state index contributed by atoms with van der Waals surface area (Å²) < 4.78 is 5.46. The average molecular weight is 386 g/mol. The molecule has 6 heteroatoms. The van der Waals surface area contributed by atoms with E-state index >= 15 is 0 Å². The molecular weight excluding hydrogens is 354 g/mol. The largest absolute Gasteiger partial charge is 0.378 e. The Hall–Kier alpha value is -1.92. The SMILES string of the molecule is O=C(C[C@@H]1COCCN1)N1CCC2(CCC(=O)N(Cc3ccccc3)C2)CC1. The van der Waals surface area contributed by atoms with E-state index in [4.69, 9.17) is 4.74 Å². The average Bonchev–Trinajstić information content (AvgIpc) is 2.73.